The number of methoxy groups -OCH3 is 1. The molecule has 0 saturated heterocycles. The minimum atomic E-state index is -0.774. The lowest BCUT2D eigenvalue weighted by Gasteiger charge is -2.33. The fraction of sp³-hybridized carbons (Fsp3) is 0.348. The number of ether oxygens (including phenoxy) is 2. The van der Waals surface area contributed by atoms with Crippen LogP contribution in [0.1, 0.15) is 50.0 Å². The lowest BCUT2D eigenvalue weighted by Crippen LogP contribution is -2.30. The molecule has 0 fully saturated rings. The van der Waals surface area contributed by atoms with Crippen LogP contribution in [0.2, 0.25) is 0 Å². The molecular weight excluding hydrogens is 392 g/mol. The number of carbonyl (C=O) groups excluding carboxylic acids is 1. The van der Waals surface area contributed by atoms with Gasteiger partial charge in [-0.2, -0.15) is 0 Å². The van der Waals surface area contributed by atoms with Crippen LogP contribution in [0.3, 0.4) is 0 Å². The summed E-state index contributed by atoms with van der Waals surface area (Å²) < 4.78 is 43.3. The van der Waals surface area contributed by atoms with Crippen molar-refractivity contribution in [3.05, 3.63) is 76.0 Å². The minimum absolute atomic E-state index is 0.0182. The topological polar surface area (TPSA) is 60.7 Å². The van der Waals surface area contributed by atoms with Gasteiger partial charge in [0.1, 0.15) is 23.9 Å². The van der Waals surface area contributed by atoms with Crippen LogP contribution >= 0.6 is 0 Å². The number of dihydropyridines is 1. The Hall–Kier alpha value is -3.09. The molecule has 7 heteroatoms. The van der Waals surface area contributed by atoms with E-state index < -0.39 is 17.6 Å². The van der Waals surface area contributed by atoms with Crippen molar-refractivity contribution in [3.63, 3.8) is 0 Å². The van der Waals surface area contributed by atoms with E-state index in [9.17, 15) is 13.6 Å². The smallest absolute Gasteiger partial charge is 0.336 e. The standard InChI is InChI=1S/C23H23F2NO4/c1-13-21(23(27)28-2)22(16-5-3-4-6-18(16)26-13)20-10-8-15(30-20)12-29-19-9-7-14(24)11-17(19)25/h7-11,22,26H,3-6,12H2,1-2H3/t22-/m1/s1. The Morgan fingerprint density at radius 2 is 2.00 bits per heavy atom. The molecule has 30 heavy (non-hydrogen) atoms. The first-order valence-corrected chi connectivity index (χ1v) is 9.92. The number of nitrogens with one attached hydrogen (secondary N) is 1. The first-order chi connectivity index (χ1) is 14.5. The van der Waals surface area contributed by atoms with Crippen LogP contribution in [0.15, 0.2) is 57.3 Å². The number of halogens is 2. The van der Waals surface area contributed by atoms with Crippen molar-refractivity contribution >= 4 is 5.97 Å². The Morgan fingerprint density at radius 1 is 1.20 bits per heavy atom. The summed E-state index contributed by atoms with van der Waals surface area (Å²) in [5, 5.41) is 3.37. The second-order valence-corrected chi connectivity index (χ2v) is 7.47. The van der Waals surface area contributed by atoms with Crippen LogP contribution in [0.25, 0.3) is 0 Å². The van der Waals surface area contributed by atoms with Crippen LogP contribution < -0.4 is 10.1 Å². The van der Waals surface area contributed by atoms with E-state index in [-0.39, 0.29) is 18.3 Å². The molecular formula is C23H23F2NO4. The van der Waals surface area contributed by atoms with Crippen LogP contribution in [-0.2, 0) is 16.1 Å². The molecule has 1 aliphatic heterocycles. The molecule has 2 heterocycles. The van der Waals surface area contributed by atoms with E-state index in [0.717, 1.165) is 54.8 Å². The van der Waals surface area contributed by atoms with Crippen LogP contribution in [0, 0.1) is 11.6 Å². The maximum atomic E-state index is 13.8. The van der Waals surface area contributed by atoms with Gasteiger partial charge in [-0.05, 0) is 62.4 Å². The summed E-state index contributed by atoms with van der Waals surface area (Å²) in [7, 11) is 1.36. The molecule has 4 rings (SSSR count). The highest BCUT2D eigenvalue weighted by atomic mass is 19.1. The largest absolute Gasteiger partial charge is 0.483 e. The van der Waals surface area contributed by atoms with Gasteiger partial charge in [0.25, 0.3) is 0 Å². The Labute approximate surface area is 173 Å². The maximum Gasteiger partial charge on any atom is 0.336 e. The van der Waals surface area contributed by atoms with Gasteiger partial charge in [0.15, 0.2) is 11.6 Å². The minimum Gasteiger partial charge on any atom is -0.483 e. The third kappa shape index (κ3) is 3.84. The molecule has 2 aliphatic rings. The summed E-state index contributed by atoms with van der Waals surface area (Å²) in [5.74, 6) is -1.13. The van der Waals surface area contributed by atoms with Gasteiger partial charge in [0.05, 0.1) is 18.6 Å². The zero-order valence-corrected chi connectivity index (χ0v) is 16.9. The van der Waals surface area contributed by atoms with Crippen molar-refractivity contribution < 1.29 is 27.5 Å². The van der Waals surface area contributed by atoms with Gasteiger partial charge in [-0.25, -0.2) is 13.6 Å². The van der Waals surface area contributed by atoms with Gasteiger partial charge in [0.2, 0.25) is 0 Å². The molecule has 1 aromatic heterocycles. The fourth-order valence-electron chi connectivity index (χ4n) is 4.14. The van der Waals surface area contributed by atoms with E-state index in [0.29, 0.717) is 17.1 Å². The quantitative estimate of drug-likeness (QED) is 0.689. The molecule has 1 aromatic carbocycles. The second-order valence-electron chi connectivity index (χ2n) is 7.47. The molecule has 1 N–H and O–H groups in total. The van der Waals surface area contributed by atoms with Crippen molar-refractivity contribution in [3.8, 4) is 5.75 Å². The predicted octanol–water partition coefficient (Wildman–Crippen LogP) is 5.10. The van der Waals surface area contributed by atoms with Crippen LogP contribution in [0.4, 0.5) is 8.78 Å². The molecule has 1 atom stereocenters. The van der Waals surface area contributed by atoms with Crippen molar-refractivity contribution in [1.29, 1.82) is 0 Å². The van der Waals surface area contributed by atoms with E-state index in [1.165, 1.54) is 13.2 Å². The first-order valence-electron chi connectivity index (χ1n) is 9.92. The number of hydrogen-bond donors (Lipinski definition) is 1. The summed E-state index contributed by atoms with van der Waals surface area (Å²) in [4.78, 5) is 12.5. The summed E-state index contributed by atoms with van der Waals surface area (Å²) in [6.07, 6.45) is 3.94. The highest BCUT2D eigenvalue weighted by Gasteiger charge is 2.37. The predicted molar refractivity (Wildman–Crippen MR) is 105 cm³/mol. The van der Waals surface area contributed by atoms with Crippen molar-refractivity contribution in [2.75, 3.05) is 7.11 Å². The molecule has 0 unspecified atom stereocenters. The highest BCUT2D eigenvalue weighted by molar-refractivity contribution is 5.92. The molecule has 5 nitrogen and oxygen atoms in total. The third-order valence-electron chi connectivity index (χ3n) is 5.53. The molecule has 1 aliphatic carbocycles. The monoisotopic (exact) mass is 415 g/mol. The number of furan rings is 1. The zero-order chi connectivity index (χ0) is 21.3. The van der Waals surface area contributed by atoms with Gasteiger partial charge in [-0.15, -0.1) is 0 Å². The number of carbonyl (C=O) groups is 1. The molecule has 2 aromatic rings. The Kier molecular flexibility index (Phi) is 5.61. The zero-order valence-electron chi connectivity index (χ0n) is 16.9. The van der Waals surface area contributed by atoms with Gasteiger partial charge < -0.3 is 19.2 Å². The van der Waals surface area contributed by atoms with E-state index in [4.69, 9.17) is 13.9 Å². The molecule has 0 saturated carbocycles. The molecule has 0 radical (unpaired) electrons. The van der Waals surface area contributed by atoms with Crippen molar-refractivity contribution in [2.24, 2.45) is 0 Å². The van der Waals surface area contributed by atoms with Gasteiger partial charge in [-0.1, -0.05) is 0 Å². The highest BCUT2D eigenvalue weighted by Crippen LogP contribution is 2.44. The number of allylic oxidation sites excluding steroid dienone is 3. The first kappa shape index (κ1) is 20.2. The second kappa shape index (κ2) is 8.34. The lowest BCUT2D eigenvalue weighted by molar-refractivity contribution is -0.136. The van der Waals surface area contributed by atoms with E-state index in [1.54, 1.807) is 6.07 Å². The van der Waals surface area contributed by atoms with E-state index >= 15 is 0 Å². The molecule has 0 spiro atoms. The summed E-state index contributed by atoms with van der Waals surface area (Å²) in [6, 6.07) is 6.69. The number of rotatable bonds is 5. The number of esters is 1. The SMILES string of the molecule is COC(=O)C1=C(C)NC2=C(CCCC2)[C@@H]1c1ccc(COc2ccc(F)cc2F)o1. The Morgan fingerprint density at radius 3 is 2.77 bits per heavy atom. The van der Waals surface area contributed by atoms with Gasteiger partial charge >= 0.3 is 5.97 Å². The molecule has 158 valence electrons. The van der Waals surface area contributed by atoms with E-state index in [2.05, 4.69) is 5.32 Å². The Balaban J connectivity index is 1.61. The van der Waals surface area contributed by atoms with Crippen LogP contribution in [-0.4, -0.2) is 13.1 Å². The average molecular weight is 415 g/mol. The van der Waals surface area contributed by atoms with Gasteiger partial charge in [0, 0.05) is 17.5 Å². The lowest BCUT2D eigenvalue weighted by atomic mass is 9.78. The fourth-order valence-corrected chi connectivity index (χ4v) is 4.14. The van der Waals surface area contributed by atoms with E-state index in [1.807, 2.05) is 13.0 Å². The average Bonchev–Trinajstić information content (AvgIpc) is 3.20. The molecule has 0 amide bonds. The normalized spacial score (nSPS) is 18.7. The molecule has 0 bridgehead atoms. The van der Waals surface area contributed by atoms with Crippen molar-refractivity contribution in [1.82, 2.24) is 5.32 Å². The third-order valence-corrected chi connectivity index (χ3v) is 5.53. The summed E-state index contributed by atoms with van der Waals surface area (Å²) in [6.45, 7) is 1.84. The van der Waals surface area contributed by atoms with Gasteiger partial charge in [-0.3, -0.25) is 0 Å². The number of benzene rings is 1. The van der Waals surface area contributed by atoms with Crippen molar-refractivity contribution in [2.45, 2.75) is 45.1 Å². The summed E-state index contributed by atoms with van der Waals surface area (Å²) in [5.41, 5.74) is 3.57. The maximum absolute atomic E-state index is 13.8. The number of hydrogen-bond acceptors (Lipinski definition) is 5. The van der Waals surface area contributed by atoms with Crippen LogP contribution in [0.5, 0.6) is 5.75 Å². The summed E-state index contributed by atoms with van der Waals surface area (Å²) >= 11 is 0. The Bertz CT molecular complexity index is 1040.